The molecule has 1 fully saturated rings. The Hall–Kier alpha value is -1.36. The molecule has 0 amide bonds. The third kappa shape index (κ3) is 1.61. The summed E-state index contributed by atoms with van der Waals surface area (Å²) in [5.41, 5.74) is 6.80. The highest BCUT2D eigenvalue weighted by Gasteiger charge is 2.43. The molecule has 1 aromatic carbocycles. The van der Waals surface area contributed by atoms with E-state index in [4.69, 9.17) is 5.73 Å². The highest BCUT2D eigenvalue weighted by Crippen LogP contribution is 2.45. The molecule has 1 aliphatic carbocycles. The zero-order valence-corrected chi connectivity index (χ0v) is 8.45. The summed E-state index contributed by atoms with van der Waals surface area (Å²) in [6, 6.07) is 4.64. The topological polar surface area (TPSA) is 44.5 Å². The van der Waals surface area contributed by atoms with Crippen LogP contribution in [0, 0.1) is 5.92 Å². The van der Waals surface area contributed by atoms with Gasteiger partial charge in [0.2, 0.25) is 0 Å². The van der Waals surface area contributed by atoms with Crippen molar-refractivity contribution in [3.63, 3.8) is 0 Å². The number of rotatable bonds is 2. The molecule has 3 rings (SSSR count). The van der Waals surface area contributed by atoms with Crippen LogP contribution < -0.4 is 15.2 Å². The van der Waals surface area contributed by atoms with E-state index in [0.29, 0.717) is 5.92 Å². The van der Waals surface area contributed by atoms with Crippen molar-refractivity contribution in [2.24, 2.45) is 11.7 Å². The maximum atomic E-state index is 12.8. The maximum absolute atomic E-state index is 12.8. The van der Waals surface area contributed by atoms with E-state index in [2.05, 4.69) is 9.47 Å². The highest BCUT2D eigenvalue weighted by atomic mass is 19.3. The van der Waals surface area contributed by atoms with E-state index in [9.17, 15) is 8.78 Å². The lowest BCUT2D eigenvalue weighted by Gasteiger charge is -2.10. The van der Waals surface area contributed by atoms with Crippen molar-refractivity contribution in [1.29, 1.82) is 0 Å². The molecule has 0 radical (unpaired) electrons. The number of benzene rings is 1. The second-order valence-corrected chi connectivity index (χ2v) is 4.24. The lowest BCUT2D eigenvalue weighted by atomic mass is 10.0. The van der Waals surface area contributed by atoms with Gasteiger partial charge in [0.15, 0.2) is 11.5 Å². The number of ether oxygens (including phenoxy) is 2. The van der Waals surface area contributed by atoms with Crippen molar-refractivity contribution >= 4 is 0 Å². The summed E-state index contributed by atoms with van der Waals surface area (Å²) in [5.74, 6) is 0.608. The Kier molecular flexibility index (Phi) is 1.89. The van der Waals surface area contributed by atoms with Gasteiger partial charge in [-0.05, 0) is 36.5 Å². The molecule has 1 atom stereocenters. The molecule has 1 unspecified atom stereocenters. The van der Waals surface area contributed by atoms with Crippen LogP contribution in [0.3, 0.4) is 0 Å². The molecule has 16 heavy (non-hydrogen) atoms. The molecule has 1 heterocycles. The van der Waals surface area contributed by atoms with Gasteiger partial charge in [0.05, 0.1) is 0 Å². The fraction of sp³-hybridized carbons (Fsp3) is 0.455. The normalized spacial score (nSPS) is 23.2. The summed E-state index contributed by atoms with van der Waals surface area (Å²) in [6.07, 6.45) is -1.35. The first-order valence-electron chi connectivity index (χ1n) is 5.20. The zero-order valence-electron chi connectivity index (χ0n) is 8.45. The molecular formula is C11H11F2NO2. The number of hydrogen-bond donors (Lipinski definition) is 1. The number of hydrogen-bond acceptors (Lipinski definition) is 3. The molecule has 0 aromatic heterocycles. The quantitative estimate of drug-likeness (QED) is 0.843. The van der Waals surface area contributed by atoms with Crippen molar-refractivity contribution < 1.29 is 18.3 Å². The number of alkyl halides is 2. The molecule has 0 spiro atoms. The smallest absolute Gasteiger partial charge is 0.395 e. The molecular weight excluding hydrogens is 216 g/mol. The Bertz CT molecular complexity index is 432. The summed E-state index contributed by atoms with van der Waals surface area (Å²) in [5, 5.41) is 0. The second kappa shape index (κ2) is 3.07. The van der Waals surface area contributed by atoms with E-state index in [-0.39, 0.29) is 17.5 Å². The Morgan fingerprint density at radius 3 is 2.62 bits per heavy atom. The second-order valence-electron chi connectivity index (χ2n) is 4.24. The zero-order chi connectivity index (χ0) is 11.3. The van der Waals surface area contributed by atoms with E-state index >= 15 is 0 Å². The van der Waals surface area contributed by atoms with E-state index in [1.54, 1.807) is 12.1 Å². The molecule has 2 aliphatic rings. The molecule has 1 aromatic rings. The van der Waals surface area contributed by atoms with Crippen LogP contribution in [0.2, 0.25) is 0 Å². The van der Waals surface area contributed by atoms with Gasteiger partial charge in [-0.3, -0.25) is 0 Å². The molecule has 2 N–H and O–H groups in total. The average molecular weight is 227 g/mol. The summed E-state index contributed by atoms with van der Waals surface area (Å²) >= 11 is 0. The monoisotopic (exact) mass is 227 g/mol. The molecule has 5 heteroatoms. The van der Waals surface area contributed by atoms with Crippen molar-refractivity contribution in [3.8, 4) is 11.5 Å². The van der Waals surface area contributed by atoms with Gasteiger partial charge < -0.3 is 15.2 Å². The highest BCUT2D eigenvalue weighted by molar-refractivity contribution is 5.46. The number of nitrogens with two attached hydrogens (primary N) is 1. The van der Waals surface area contributed by atoms with Crippen LogP contribution in [0.4, 0.5) is 8.78 Å². The summed E-state index contributed by atoms with van der Waals surface area (Å²) < 4.78 is 34.2. The lowest BCUT2D eigenvalue weighted by molar-refractivity contribution is -0.286. The van der Waals surface area contributed by atoms with Crippen LogP contribution in [-0.2, 0) is 0 Å². The van der Waals surface area contributed by atoms with E-state index < -0.39 is 6.29 Å². The van der Waals surface area contributed by atoms with Gasteiger partial charge in [-0.15, -0.1) is 8.78 Å². The lowest BCUT2D eigenvalue weighted by Crippen LogP contribution is -2.25. The molecule has 1 aliphatic heterocycles. The van der Waals surface area contributed by atoms with Gasteiger partial charge in [-0.2, -0.15) is 0 Å². The maximum Gasteiger partial charge on any atom is 0.586 e. The van der Waals surface area contributed by atoms with Gasteiger partial charge in [0.1, 0.15) is 0 Å². The Balaban J connectivity index is 1.89. The number of fused-ring (bicyclic) bond motifs is 1. The van der Waals surface area contributed by atoms with Crippen molar-refractivity contribution in [1.82, 2.24) is 0 Å². The standard InChI is InChI=1S/C11H11F2NO2/c12-11(13)15-8-4-3-7(5-9(8)16-11)10(14)6-1-2-6/h3-6,10H,1-2,14H2. The van der Waals surface area contributed by atoms with Gasteiger partial charge in [-0.1, -0.05) is 6.07 Å². The predicted molar refractivity (Wildman–Crippen MR) is 52.3 cm³/mol. The Morgan fingerprint density at radius 1 is 1.25 bits per heavy atom. The first-order valence-corrected chi connectivity index (χ1v) is 5.20. The SMILES string of the molecule is NC(c1ccc2c(c1)OC(F)(F)O2)C1CC1. The minimum absolute atomic E-state index is 0.0664. The van der Waals surface area contributed by atoms with E-state index in [1.807, 2.05) is 0 Å². The molecule has 0 bridgehead atoms. The van der Waals surface area contributed by atoms with Crippen molar-refractivity contribution in [2.45, 2.75) is 25.2 Å². The summed E-state index contributed by atoms with van der Waals surface area (Å²) in [6.45, 7) is 0. The summed E-state index contributed by atoms with van der Waals surface area (Å²) in [7, 11) is 0. The van der Waals surface area contributed by atoms with E-state index in [0.717, 1.165) is 18.4 Å². The van der Waals surface area contributed by atoms with Gasteiger partial charge in [0.25, 0.3) is 0 Å². The van der Waals surface area contributed by atoms with E-state index in [1.165, 1.54) is 6.07 Å². The molecule has 3 nitrogen and oxygen atoms in total. The van der Waals surface area contributed by atoms with Crippen LogP contribution in [0.25, 0.3) is 0 Å². The Morgan fingerprint density at radius 2 is 1.94 bits per heavy atom. The molecule has 1 saturated carbocycles. The van der Waals surface area contributed by atoms with Crippen LogP contribution in [-0.4, -0.2) is 6.29 Å². The first kappa shape index (κ1) is 9.84. The molecule has 86 valence electrons. The number of halogens is 2. The Labute approximate surface area is 91.1 Å². The van der Waals surface area contributed by atoms with Crippen molar-refractivity contribution in [2.75, 3.05) is 0 Å². The first-order chi connectivity index (χ1) is 7.55. The van der Waals surface area contributed by atoms with Gasteiger partial charge in [0, 0.05) is 6.04 Å². The van der Waals surface area contributed by atoms with Crippen molar-refractivity contribution in [3.05, 3.63) is 23.8 Å². The minimum atomic E-state index is -3.55. The average Bonchev–Trinajstić information content (AvgIpc) is 2.98. The fourth-order valence-corrected chi connectivity index (χ4v) is 1.90. The van der Waals surface area contributed by atoms with Gasteiger partial charge >= 0.3 is 6.29 Å². The predicted octanol–water partition coefficient (Wildman–Crippen LogP) is 2.42. The largest absolute Gasteiger partial charge is 0.586 e. The van der Waals surface area contributed by atoms with Crippen LogP contribution >= 0.6 is 0 Å². The van der Waals surface area contributed by atoms with Gasteiger partial charge in [-0.25, -0.2) is 0 Å². The molecule has 0 saturated heterocycles. The van der Waals surface area contributed by atoms with Crippen LogP contribution in [0.5, 0.6) is 11.5 Å². The fourth-order valence-electron chi connectivity index (χ4n) is 1.90. The third-order valence-corrected chi connectivity index (χ3v) is 2.94. The summed E-state index contributed by atoms with van der Waals surface area (Å²) in [4.78, 5) is 0. The van der Waals surface area contributed by atoms with Crippen LogP contribution in [0.15, 0.2) is 18.2 Å². The minimum Gasteiger partial charge on any atom is -0.395 e. The van der Waals surface area contributed by atoms with Crippen LogP contribution in [0.1, 0.15) is 24.4 Å². The third-order valence-electron chi connectivity index (χ3n) is 2.94.